The van der Waals surface area contributed by atoms with E-state index in [1.165, 1.54) is 0 Å². The van der Waals surface area contributed by atoms with E-state index >= 15 is 0 Å². The quantitative estimate of drug-likeness (QED) is 0.374. The minimum absolute atomic E-state index is 0.279. The molecule has 142 valence electrons. The van der Waals surface area contributed by atoms with Crippen LogP contribution in [0.25, 0.3) is 21.7 Å². The Morgan fingerprint density at radius 2 is 2.11 bits per heavy atom. The van der Waals surface area contributed by atoms with Gasteiger partial charge in [0.2, 0.25) is 0 Å². The number of rotatable bonds is 8. The van der Waals surface area contributed by atoms with Gasteiger partial charge in [0.25, 0.3) is 0 Å². The van der Waals surface area contributed by atoms with E-state index in [1.54, 1.807) is 6.07 Å². The van der Waals surface area contributed by atoms with E-state index in [9.17, 15) is 4.79 Å². The lowest BCUT2D eigenvalue weighted by molar-refractivity contribution is 0.0166. The molecule has 2 heterocycles. The summed E-state index contributed by atoms with van der Waals surface area (Å²) < 4.78 is 16.6. The molecule has 0 bridgehead atoms. The van der Waals surface area contributed by atoms with E-state index in [0.717, 1.165) is 54.1 Å². The molecule has 3 aromatic rings. The van der Waals surface area contributed by atoms with Crippen LogP contribution in [0.4, 0.5) is 0 Å². The number of fused-ring (bicyclic) bond motifs is 3. The van der Waals surface area contributed by atoms with E-state index in [4.69, 9.17) is 13.9 Å². The van der Waals surface area contributed by atoms with Crippen molar-refractivity contribution in [1.29, 1.82) is 0 Å². The van der Waals surface area contributed by atoms with Crippen LogP contribution in [0, 0.1) is 0 Å². The van der Waals surface area contributed by atoms with Crippen LogP contribution in [-0.2, 0) is 16.0 Å². The highest BCUT2D eigenvalue weighted by atomic mass is 16.5. The molecule has 1 fully saturated rings. The lowest BCUT2D eigenvalue weighted by Gasteiger charge is -2.11. The van der Waals surface area contributed by atoms with Crippen LogP contribution in [0.2, 0.25) is 0 Å². The zero-order valence-corrected chi connectivity index (χ0v) is 15.4. The number of hydrogen-bond donors (Lipinski definition) is 1. The molecule has 1 aliphatic heterocycles. The highest BCUT2D eigenvalue weighted by Crippen LogP contribution is 2.27. The van der Waals surface area contributed by atoms with Gasteiger partial charge >= 0.3 is 5.63 Å². The third-order valence-electron chi connectivity index (χ3n) is 5.00. The molecule has 0 unspecified atom stereocenters. The standard InChI is InChI=1S/C22H25NO4/c24-21-13-17(14-23-10-4-11-25-15-18-6-3-12-26-18)22-19-7-2-1-5-16(19)8-9-20(22)27-21/h1-2,5,7-9,13,18,23H,3-4,6,10-12,14-15H2/t18-/m1/s1. The summed E-state index contributed by atoms with van der Waals surface area (Å²) in [4.78, 5) is 11.9. The summed E-state index contributed by atoms with van der Waals surface area (Å²) in [5.41, 5.74) is 1.30. The first-order chi connectivity index (χ1) is 13.3. The fourth-order valence-electron chi connectivity index (χ4n) is 3.67. The van der Waals surface area contributed by atoms with Crippen LogP contribution in [0.3, 0.4) is 0 Å². The van der Waals surface area contributed by atoms with E-state index in [0.29, 0.717) is 25.3 Å². The molecule has 0 radical (unpaired) electrons. The van der Waals surface area contributed by atoms with E-state index in [1.807, 2.05) is 24.3 Å². The third kappa shape index (κ3) is 4.38. The van der Waals surface area contributed by atoms with Crippen molar-refractivity contribution in [3.63, 3.8) is 0 Å². The topological polar surface area (TPSA) is 60.7 Å². The third-order valence-corrected chi connectivity index (χ3v) is 5.00. The van der Waals surface area contributed by atoms with Crippen molar-refractivity contribution in [1.82, 2.24) is 5.32 Å². The highest BCUT2D eigenvalue weighted by molar-refractivity contribution is 6.07. The zero-order chi connectivity index (χ0) is 18.5. The van der Waals surface area contributed by atoms with Crippen LogP contribution >= 0.6 is 0 Å². The average Bonchev–Trinajstić information content (AvgIpc) is 3.20. The Hall–Kier alpha value is -2.21. The van der Waals surface area contributed by atoms with E-state index in [-0.39, 0.29) is 11.7 Å². The Morgan fingerprint density at radius 3 is 3.00 bits per heavy atom. The summed E-state index contributed by atoms with van der Waals surface area (Å²) in [5, 5.41) is 6.68. The molecule has 1 aromatic heterocycles. The van der Waals surface area contributed by atoms with Gasteiger partial charge in [0, 0.05) is 31.2 Å². The van der Waals surface area contributed by atoms with Gasteiger partial charge in [-0.1, -0.05) is 30.3 Å². The Kier molecular flexibility index (Phi) is 5.82. The molecule has 0 amide bonds. The van der Waals surface area contributed by atoms with Crippen LogP contribution in [-0.4, -0.2) is 32.5 Å². The molecule has 0 saturated carbocycles. The molecular formula is C22H25NO4. The maximum Gasteiger partial charge on any atom is 0.336 e. The van der Waals surface area contributed by atoms with Crippen molar-refractivity contribution in [2.45, 2.75) is 31.9 Å². The van der Waals surface area contributed by atoms with Crippen molar-refractivity contribution in [2.75, 3.05) is 26.4 Å². The van der Waals surface area contributed by atoms with Gasteiger partial charge in [-0.05, 0) is 48.2 Å². The van der Waals surface area contributed by atoms with Crippen molar-refractivity contribution >= 4 is 21.7 Å². The molecule has 27 heavy (non-hydrogen) atoms. The Bertz CT molecular complexity index is 959. The summed E-state index contributed by atoms with van der Waals surface area (Å²) in [6, 6.07) is 13.6. The molecular weight excluding hydrogens is 342 g/mol. The predicted molar refractivity (Wildman–Crippen MR) is 106 cm³/mol. The lowest BCUT2D eigenvalue weighted by atomic mass is 10.0. The van der Waals surface area contributed by atoms with Crippen molar-refractivity contribution in [3.05, 3.63) is 58.4 Å². The number of nitrogens with one attached hydrogen (secondary N) is 1. The summed E-state index contributed by atoms with van der Waals surface area (Å²) >= 11 is 0. The van der Waals surface area contributed by atoms with Crippen LogP contribution in [0.1, 0.15) is 24.8 Å². The number of benzene rings is 2. The van der Waals surface area contributed by atoms with Crippen molar-refractivity contribution < 1.29 is 13.9 Å². The Balaban J connectivity index is 1.37. The number of hydrogen-bond acceptors (Lipinski definition) is 5. The molecule has 2 aromatic carbocycles. The smallest absolute Gasteiger partial charge is 0.336 e. The van der Waals surface area contributed by atoms with Gasteiger partial charge in [0.1, 0.15) is 5.58 Å². The van der Waals surface area contributed by atoms with Gasteiger partial charge in [-0.15, -0.1) is 0 Å². The van der Waals surface area contributed by atoms with Gasteiger partial charge in [-0.25, -0.2) is 4.79 Å². The van der Waals surface area contributed by atoms with Crippen LogP contribution < -0.4 is 10.9 Å². The second-order valence-corrected chi connectivity index (χ2v) is 6.99. The Morgan fingerprint density at radius 1 is 1.19 bits per heavy atom. The predicted octanol–water partition coefficient (Wildman–Crippen LogP) is 3.62. The van der Waals surface area contributed by atoms with Gasteiger partial charge in [-0.3, -0.25) is 0 Å². The van der Waals surface area contributed by atoms with Crippen LogP contribution in [0.5, 0.6) is 0 Å². The average molecular weight is 367 g/mol. The summed E-state index contributed by atoms with van der Waals surface area (Å²) in [5.74, 6) is 0. The largest absolute Gasteiger partial charge is 0.423 e. The normalized spacial score (nSPS) is 17.1. The minimum Gasteiger partial charge on any atom is -0.423 e. The minimum atomic E-state index is -0.311. The Labute approximate surface area is 158 Å². The van der Waals surface area contributed by atoms with Crippen LogP contribution in [0.15, 0.2) is 51.7 Å². The summed E-state index contributed by atoms with van der Waals surface area (Å²) in [6.07, 6.45) is 3.45. The fourth-order valence-corrected chi connectivity index (χ4v) is 3.67. The molecule has 1 N–H and O–H groups in total. The molecule has 0 aliphatic carbocycles. The van der Waals surface area contributed by atoms with Gasteiger partial charge in [0.05, 0.1) is 12.7 Å². The first-order valence-electron chi connectivity index (χ1n) is 9.66. The molecule has 5 nitrogen and oxygen atoms in total. The van der Waals surface area contributed by atoms with Crippen molar-refractivity contribution in [2.24, 2.45) is 0 Å². The first-order valence-corrected chi connectivity index (χ1v) is 9.66. The van der Waals surface area contributed by atoms with Gasteiger partial charge < -0.3 is 19.2 Å². The van der Waals surface area contributed by atoms with E-state index < -0.39 is 0 Å². The van der Waals surface area contributed by atoms with E-state index in [2.05, 4.69) is 17.4 Å². The summed E-state index contributed by atoms with van der Waals surface area (Å²) in [6.45, 7) is 3.73. The molecule has 4 rings (SSSR count). The van der Waals surface area contributed by atoms with Gasteiger partial charge in [0.15, 0.2) is 0 Å². The zero-order valence-electron chi connectivity index (χ0n) is 15.4. The first kappa shape index (κ1) is 18.2. The van der Waals surface area contributed by atoms with Gasteiger partial charge in [-0.2, -0.15) is 0 Å². The molecule has 1 saturated heterocycles. The maximum atomic E-state index is 11.9. The maximum absolute atomic E-state index is 11.9. The second-order valence-electron chi connectivity index (χ2n) is 6.99. The highest BCUT2D eigenvalue weighted by Gasteiger charge is 2.15. The second kappa shape index (κ2) is 8.65. The lowest BCUT2D eigenvalue weighted by Crippen LogP contribution is -2.19. The van der Waals surface area contributed by atoms with Crippen molar-refractivity contribution in [3.8, 4) is 0 Å². The summed E-state index contributed by atoms with van der Waals surface area (Å²) in [7, 11) is 0. The molecule has 5 heteroatoms. The number of ether oxygens (including phenoxy) is 2. The fraction of sp³-hybridized carbons (Fsp3) is 0.409. The SMILES string of the molecule is O=c1cc(CNCCCOC[C@H]2CCCO2)c2c(ccc3ccccc32)o1. The molecule has 1 aliphatic rings. The molecule has 1 atom stereocenters. The molecule has 0 spiro atoms. The monoisotopic (exact) mass is 367 g/mol.